The summed E-state index contributed by atoms with van der Waals surface area (Å²) in [7, 11) is 0. The Kier molecular flexibility index (Phi) is 6.89. The van der Waals surface area contributed by atoms with Crippen molar-refractivity contribution >= 4 is 43.5 Å². The van der Waals surface area contributed by atoms with Crippen molar-refractivity contribution in [3.05, 3.63) is 194 Å². The standard InChI is InChI=1S/C50H32O/c1-3-13-33(14-4-1)34-25-29-37(30-26-34)47-41-17-7-9-19-43(41)48(44-20-10-8-18-42(44)47)38-31-27-36(28-32-38)40-22-12-24-46-45-23-11-21-39(49(45)51-50(40)46)35-15-5-2-6-16-35/h1-32H. The summed E-state index contributed by atoms with van der Waals surface area (Å²) in [6.45, 7) is 0. The van der Waals surface area contributed by atoms with E-state index in [1.165, 1.54) is 54.9 Å². The molecule has 9 aromatic carbocycles. The Balaban J connectivity index is 1.10. The number of hydrogen-bond acceptors (Lipinski definition) is 1. The maximum Gasteiger partial charge on any atom is 0.143 e. The van der Waals surface area contributed by atoms with Crippen LogP contribution in [0.5, 0.6) is 0 Å². The molecule has 0 atom stereocenters. The monoisotopic (exact) mass is 648 g/mol. The molecule has 0 unspecified atom stereocenters. The molecule has 1 heteroatoms. The summed E-state index contributed by atoms with van der Waals surface area (Å²) >= 11 is 0. The summed E-state index contributed by atoms with van der Waals surface area (Å²) in [4.78, 5) is 0. The van der Waals surface area contributed by atoms with E-state index < -0.39 is 0 Å². The molecule has 0 N–H and O–H groups in total. The fourth-order valence-electron chi connectivity index (χ4n) is 7.92. The molecule has 0 fully saturated rings. The van der Waals surface area contributed by atoms with Gasteiger partial charge in [-0.3, -0.25) is 0 Å². The van der Waals surface area contributed by atoms with Gasteiger partial charge in [0.15, 0.2) is 0 Å². The predicted molar refractivity (Wildman–Crippen MR) is 216 cm³/mol. The Labute approximate surface area is 296 Å². The Hall–Kier alpha value is -6.70. The largest absolute Gasteiger partial charge is 0.455 e. The van der Waals surface area contributed by atoms with E-state index in [4.69, 9.17) is 4.42 Å². The summed E-state index contributed by atoms with van der Waals surface area (Å²) in [5.41, 5.74) is 13.7. The smallest absolute Gasteiger partial charge is 0.143 e. The van der Waals surface area contributed by atoms with Crippen molar-refractivity contribution in [2.24, 2.45) is 0 Å². The third kappa shape index (κ3) is 4.86. The molecule has 0 saturated heterocycles. The van der Waals surface area contributed by atoms with Crippen LogP contribution in [0.4, 0.5) is 0 Å². The van der Waals surface area contributed by atoms with Crippen LogP contribution < -0.4 is 0 Å². The van der Waals surface area contributed by atoms with Crippen molar-refractivity contribution in [2.45, 2.75) is 0 Å². The second-order valence-electron chi connectivity index (χ2n) is 13.2. The van der Waals surface area contributed by atoms with Crippen LogP contribution in [0, 0.1) is 0 Å². The van der Waals surface area contributed by atoms with E-state index in [1.54, 1.807) is 0 Å². The van der Waals surface area contributed by atoms with Crippen LogP contribution in [0.1, 0.15) is 0 Å². The molecule has 238 valence electrons. The first-order valence-corrected chi connectivity index (χ1v) is 17.5. The average molecular weight is 649 g/mol. The summed E-state index contributed by atoms with van der Waals surface area (Å²) in [6, 6.07) is 69.8. The maximum atomic E-state index is 6.74. The molecule has 0 aliphatic carbocycles. The molecule has 51 heavy (non-hydrogen) atoms. The van der Waals surface area contributed by atoms with Crippen molar-refractivity contribution in [2.75, 3.05) is 0 Å². The molecule has 0 aliphatic rings. The Morgan fingerprint density at radius 3 is 0.980 bits per heavy atom. The lowest BCUT2D eigenvalue weighted by Gasteiger charge is -2.18. The Bertz CT molecular complexity index is 2800. The zero-order valence-electron chi connectivity index (χ0n) is 27.9. The minimum Gasteiger partial charge on any atom is -0.455 e. The van der Waals surface area contributed by atoms with Gasteiger partial charge in [0.25, 0.3) is 0 Å². The zero-order chi connectivity index (χ0) is 33.7. The molecular weight excluding hydrogens is 617 g/mol. The van der Waals surface area contributed by atoms with Crippen LogP contribution in [0.3, 0.4) is 0 Å². The lowest BCUT2D eigenvalue weighted by Crippen LogP contribution is -1.91. The van der Waals surface area contributed by atoms with Crippen molar-refractivity contribution < 1.29 is 4.42 Å². The van der Waals surface area contributed by atoms with Gasteiger partial charge in [-0.2, -0.15) is 0 Å². The second-order valence-corrected chi connectivity index (χ2v) is 13.2. The van der Waals surface area contributed by atoms with Crippen LogP contribution in [-0.2, 0) is 0 Å². The highest BCUT2D eigenvalue weighted by Gasteiger charge is 2.18. The SMILES string of the molecule is c1ccc(-c2ccc(-c3c4ccccc4c(-c4ccc(-c5cccc6c5oc5c(-c7ccccc7)cccc56)cc4)c4ccccc34)cc2)cc1. The van der Waals surface area contributed by atoms with Crippen LogP contribution >= 0.6 is 0 Å². The highest BCUT2D eigenvalue weighted by molar-refractivity contribution is 6.21. The van der Waals surface area contributed by atoms with Gasteiger partial charge in [-0.1, -0.05) is 194 Å². The molecule has 1 heterocycles. The van der Waals surface area contributed by atoms with Gasteiger partial charge in [-0.05, 0) is 66.1 Å². The first-order chi connectivity index (χ1) is 25.3. The Morgan fingerprint density at radius 1 is 0.216 bits per heavy atom. The zero-order valence-corrected chi connectivity index (χ0v) is 27.9. The molecular formula is C50H32O. The third-order valence-electron chi connectivity index (χ3n) is 10.3. The van der Waals surface area contributed by atoms with Gasteiger partial charge in [0, 0.05) is 21.9 Å². The topological polar surface area (TPSA) is 13.1 Å². The number of hydrogen-bond donors (Lipinski definition) is 0. The molecule has 0 aliphatic heterocycles. The van der Waals surface area contributed by atoms with Gasteiger partial charge < -0.3 is 4.42 Å². The number of rotatable bonds is 5. The van der Waals surface area contributed by atoms with Gasteiger partial charge in [0.05, 0.1) is 0 Å². The van der Waals surface area contributed by atoms with Crippen LogP contribution in [0.2, 0.25) is 0 Å². The summed E-state index contributed by atoms with van der Waals surface area (Å²) < 4.78 is 6.74. The van der Waals surface area contributed by atoms with Gasteiger partial charge in [-0.15, -0.1) is 0 Å². The Morgan fingerprint density at radius 2 is 0.529 bits per heavy atom. The molecule has 0 bridgehead atoms. The molecule has 0 spiro atoms. The minimum atomic E-state index is 0.919. The summed E-state index contributed by atoms with van der Waals surface area (Å²) in [5, 5.41) is 7.28. The predicted octanol–water partition coefficient (Wildman–Crippen LogP) is 14.2. The van der Waals surface area contributed by atoms with Crippen LogP contribution in [0.25, 0.3) is 99.1 Å². The van der Waals surface area contributed by atoms with E-state index in [1.807, 2.05) is 0 Å². The van der Waals surface area contributed by atoms with E-state index in [0.717, 1.165) is 44.2 Å². The molecule has 0 radical (unpaired) electrons. The molecule has 10 aromatic rings. The number of benzene rings is 9. The first-order valence-electron chi connectivity index (χ1n) is 17.5. The molecule has 1 nitrogen and oxygen atoms in total. The maximum absolute atomic E-state index is 6.74. The number of fused-ring (bicyclic) bond motifs is 5. The number of para-hydroxylation sites is 2. The van der Waals surface area contributed by atoms with Crippen molar-refractivity contribution in [1.29, 1.82) is 0 Å². The van der Waals surface area contributed by atoms with Crippen molar-refractivity contribution in [1.82, 2.24) is 0 Å². The minimum absolute atomic E-state index is 0.919. The first kappa shape index (κ1) is 29.2. The normalized spacial score (nSPS) is 11.5. The van der Waals surface area contributed by atoms with E-state index in [9.17, 15) is 0 Å². The summed E-state index contributed by atoms with van der Waals surface area (Å²) in [5.74, 6) is 0. The van der Waals surface area contributed by atoms with E-state index in [0.29, 0.717) is 0 Å². The van der Waals surface area contributed by atoms with E-state index in [2.05, 4.69) is 194 Å². The van der Waals surface area contributed by atoms with Crippen LogP contribution in [0.15, 0.2) is 199 Å². The number of furan rings is 1. The fourth-order valence-corrected chi connectivity index (χ4v) is 7.92. The molecule has 0 saturated carbocycles. The van der Waals surface area contributed by atoms with Gasteiger partial charge in [-0.25, -0.2) is 0 Å². The van der Waals surface area contributed by atoms with Gasteiger partial charge >= 0.3 is 0 Å². The summed E-state index contributed by atoms with van der Waals surface area (Å²) in [6.07, 6.45) is 0. The lowest BCUT2D eigenvalue weighted by atomic mass is 9.85. The average Bonchev–Trinajstić information content (AvgIpc) is 3.60. The quantitative estimate of drug-likeness (QED) is 0.169. The van der Waals surface area contributed by atoms with Crippen molar-refractivity contribution in [3.8, 4) is 55.6 Å². The second kappa shape index (κ2) is 12.0. The lowest BCUT2D eigenvalue weighted by molar-refractivity contribution is 0.671. The van der Waals surface area contributed by atoms with Gasteiger partial charge in [0.1, 0.15) is 11.2 Å². The van der Waals surface area contributed by atoms with E-state index >= 15 is 0 Å². The third-order valence-corrected chi connectivity index (χ3v) is 10.3. The fraction of sp³-hybridized carbons (Fsp3) is 0. The van der Waals surface area contributed by atoms with E-state index in [-0.39, 0.29) is 0 Å². The van der Waals surface area contributed by atoms with Gasteiger partial charge in [0.2, 0.25) is 0 Å². The molecule has 1 aromatic heterocycles. The highest BCUT2D eigenvalue weighted by atomic mass is 16.3. The van der Waals surface area contributed by atoms with Crippen LogP contribution in [-0.4, -0.2) is 0 Å². The van der Waals surface area contributed by atoms with Crippen molar-refractivity contribution in [3.63, 3.8) is 0 Å². The highest BCUT2D eigenvalue weighted by Crippen LogP contribution is 2.45. The molecule has 10 rings (SSSR count). The molecule has 0 amide bonds.